The van der Waals surface area contributed by atoms with Gasteiger partial charge in [-0.2, -0.15) is 0 Å². The number of fused-ring (bicyclic) bond motifs is 1. The van der Waals surface area contributed by atoms with Gasteiger partial charge >= 0.3 is 0 Å². The molecule has 0 amide bonds. The van der Waals surface area contributed by atoms with Crippen LogP contribution in [0.4, 0.5) is 0 Å². The van der Waals surface area contributed by atoms with Crippen molar-refractivity contribution in [2.75, 3.05) is 32.8 Å². The zero-order chi connectivity index (χ0) is 13.0. The van der Waals surface area contributed by atoms with Crippen molar-refractivity contribution in [1.29, 1.82) is 0 Å². The van der Waals surface area contributed by atoms with Crippen LogP contribution in [0.25, 0.3) is 0 Å². The van der Waals surface area contributed by atoms with Gasteiger partial charge in [-0.15, -0.1) is 0 Å². The molecule has 1 aliphatic heterocycles. The number of likely N-dealkylation sites (tertiary alicyclic amines) is 1. The molecule has 2 N–H and O–H groups in total. The van der Waals surface area contributed by atoms with Gasteiger partial charge in [0.05, 0.1) is 0 Å². The Balaban J connectivity index is 1.83. The maximum absolute atomic E-state index is 6.24. The number of ether oxygens (including phenoxy) is 2. The van der Waals surface area contributed by atoms with E-state index in [9.17, 15) is 0 Å². The Hall–Kier alpha value is -0.160. The van der Waals surface area contributed by atoms with E-state index in [0.29, 0.717) is 25.2 Å². The second-order valence-corrected chi connectivity index (χ2v) is 5.58. The molecule has 1 heterocycles. The summed E-state index contributed by atoms with van der Waals surface area (Å²) in [4.78, 5) is 2.48. The molecule has 3 atom stereocenters. The second-order valence-electron chi connectivity index (χ2n) is 5.58. The smallest absolute Gasteiger partial charge is 0.170 e. The molecule has 2 fully saturated rings. The molecule has 0 aromatic carbocycles. The van der Waals surface area contributed by atoms with E-state index in [-0.39, 0.29) is 6.29 Å². The minimum Gasteiger partial charge on any atom is -0.352 e. The summed E-state index contributed by atoms with van der Waals surface area (Å²) in [5.74, 6) is 1.50. The fourth-order valence-electron chi connectivity index (χ4n) is 3.49. The largest absolute Gasteiger partial charge is 0.352 e. The Morgan fingerprint density at radius 1 is 1.17 bits per heavy atom. The molecular weight excluding hydrogens is 228 g/mol. The van der Waals surface area contributed by atoms with E-state index >= 15 is 0 Å². The van der Waals surface area contributed by atoms with Gasteiger partial charge in [-0.25, -0.2) is 0 Å². The Morgan fingerprint density at radius 2 is 1.89 bits per heavy atom. The van der Waals surface area contributed by atoms with Crippen LogP contribution < -0.4 is 5.73 Å². The molecule has 1 saturated heterocycles. The highest BCUT2D eigenvalue weighted by molar-refractivity contribution is 4.93. The molecule has 106 valence electrons. The molecule has 2 aliphatic rings. The highest BCUT2D eigenvalue weighted by atomic mass is 16.7. The van der Waals surface area contributed by atoms with Crippen molar-refractivity contribution < 1.29 is 9.47 Å². The van der Waals surface area contributed by atoms with Gasteiger partial charge < -0.3 is 15.2 Å². The van der Waals surface area contributed by atoms with Gasteiger partial charge in [0.2, 0.25) is 0 Å². The van der Waals surface area contributed by atoms with Gasteiger partial charge in [0.1, 0.15) is 0 Å². The lowest BCUT2D eigenvalue weighted by Crippen LogP contribution is -2.39. The zero-order valence-corrected chi connectivity index (χ0v) is 11.8. The van der Waals surface area contributed by atoms with E-state index in [1.165, 1.54) is 25.8 Å². The van der Waals surface area contributed by atoms with E-state index in [1.54, 1.807) is 0 Å². The normalized spacial score (nSPS) is 33.0. The summed E-state index contributed by atoms with van der Waals surface area (Å²) in [5.41, 5.74) is 6.24. The van der Waals surface area contributed by atoms with Crippen molar-refractivity contribution in [3.63, 3.8) is 0 Å². The molecule has 18 heavy (non-hydrogen) atoms. The van der Waals surface area contributed by atoms with Crippen LogP contribution in [0.5, 0.6) is 0 Å². The lowest BCUT2D eigenvalue weighted by atomic mass is 9.78. The quantitative estimate of drug-likeness (QED) is 0.731. The van der Waals surface area contributed by atoms with Gasteiger partial charge in [0, 0.05) is 38.9 Å². The van der Waals surface area contributed by atoms with E-state index < -0.39 is 0 Å². The maximum atomic E-state index is 6.24. The molecule has 0 radical (unpaired) electrons. The molecular formula is C14H28N2O2. The minimum absolute atomic E-state index is 0.0728. The van der Waals surface area contributed by atoms with Gasteiger partial charge in [-0.3, -0.25) is 4.90 Å². The average Bonchev–Trinajstić information content (AvgIpc) is 2.74. The van der Waals surface area contributed by atoms with Gasteiger partial charge in [-0.1, -0.05) is 6.42 Å². The lowest BCUT2D eigenvalue weighted by molar-refractivity contribution is -0.145. The third-order valence-electron chi connectivity index (χ3n) is 4.34. The summed E-state index contributed by atoms with van der Waals surface area (Å²) in [6.07, 6.45) is 3.78. The standard InChI is InChI=1S/C14H28N2O2/c1-3-17-14(18-4-2)10-16-8-11-6-5-7-13(15)12(11)9-16/h11-14H,3-10,15H2,1-2H3. The van der Waals surface area contributed by atoms with Crippen LogP contribution in [0, 0.1) is 11.8 Å². The minimum atomic E-state index is -0.0728. The topological polar surface area (TPSA) is 47.7 Å². The molecule has 0 bridgehead atoms. The average molecular weight is 256 g/mol. The molecule has 0 spiro atoms. The Morgan fingerprint density at radius 3 is 2.50 bits per heavy atom. The van der Waals surface area contributed by atoms with Crippen molar-refractivity contribution in [1.82, 2.24) is 4.90 Å². The number of nitrogens with zero attached hydrogens (tertiary/aromatic N) is 1. The number of rotatable bonds is 6. The van der Waals surface area contributed by atoms with E-state index in [1.807, 2.05) is 13.8 Å². The third-order valence-corrected chi connectivity index (χ3v) is 4.34. The molecule has 3 unspecified atom stereocenters. The van der Waals surface area contributed by atoms with E-state index in [2.05, 4.69) is 4.90 Å². The highest BCUT2D eigenvalue weighted by Gasteiger charge is 2.39. The molecule has 1 saturated carbocycles. The summed E-state index contributed by atoms with van der Waals surface area (Å²) in [6, 6.07) is 0.409. The number of hydrogen-bond acceptors (Lipinski definition) is 4. The maximum Gasteiger partial charge on any atom is 0.170 e. The summed E-state index contributed by atoms with van der Waals surface area (Å²) < 4.78 is 11.3. The van der Waals surface area contributed by atoms with Crippen molar-refractivity contribution in [3.05, 3.63) is 0 Å². The van der Waals surface area contributed by atoms with Crippen LogP contribution in [0.2, 0.25) is 0 Å². The fraction of sp³-hybridized carbons (Fsp3) is 1.00. The van der Waals surface area contributed by atoms with Crippen molar-refractivity contribution in [3.8, 4) is 0 Å². The van der Waals surface area contributed by atoms with Crippen molar-refractivity contribution in [2.24, 2.45) is 17.6 Å². The first kappa shape index (κ1) is 14.3. The first-order valence-electron chi connectivity index (χ1n) is 7.45. The molecule has 1 aliphatic carbocycles. The number of nitrogens with two attached hydrogens (primary N) is 1. The van der Waals surface area contributed by atoms with Crippen molar-refractivity contribution >= 4 is 0 Å². The van der Waals surface area contributed by atoms with Crippen LogP contribution in [0.3, 0.4) is 0 Å². The Bertz CT molecular complexity index is 244. The van der Waals surface area contributed by atoms with Crippen LogP contribution in [0.1, 0.15) is 33.1 Å². The molecule has 0 aromatic rings. The molecule has 4 nitrogen and oxygen atoms in total. The lowest BCUT2D eigenvalue weighted by Gasteiger charge is -2.30. The fourth-order valence-corrected chi connectivity index (χ4v) is 3.49. The summed E-state index contributed by atoms with van der Waals surface area (Å²) in [6.45, 7) is 8.66. The summed E-state index contributed by atoms with van der Waals surface area (Å²) >= 11 is 0. The molecule has 2 rings (SSSR count). The first-order valence-corrected chi connectivity index (χ1v) is 7.45. The van der Waals surface area contributed by atoms with Gasteiger partial charge in [0.25, 0.3) is 0 Å². The second kappa shape index (κ2) is 6.85. The zero-order valence-electron chi connectivity index (χ0n) is 11.8. The van der Waals surface area contributed by atoms with Crippen LogP contribution in [-0.2, 0) is 9.47 Å². The molecule has 0 aromatic heterocycles. The first-order chi connectivity index (χ1) is 8.74. The number of hydrogen-bond donors (Lipinski definition) is 1. The van der Waals surface area contributed by atoms with Gasteiger partial charge in [0.15, 0.2) is 6.29 Å². The summed E-state index contributed by atoms with van der Waals surface area (Å²) in [7, 11) is 0. The van der Waals surface area contributed by atoms with Gasteiger partial charge in [-0.05, 0) is 38.5 Å². The molecule has 4 heteroatoms. The highest BCUT2D eigenvalue weighted by Crippen LogP contribution is 2.35. The Kier molecular flexibility index (Phi) is 5.42. The third kappa shape index (κ3) is 3.44. The van der Waals surface area contributed by atoms with Crippen LogP contribution in [0.15, 0.2) is 0 Å². The summed E-state index contributed by atoms with van der Waals surface area (Å²) in [5, 5.41) is 0. The predicted octanol–water partition coefficient (Wildman–Crippen LogP) is 1.44. The SMILES string of the molecule is CCOC(CN1CC2CCCC(N)C2C1)OCC. The van der Waals surface area contributed by atoms with E-state index in [4.69, 9.17) is 15.2 Å². The van der Waals surface area contributed by atoms with Crippen LogP contribution in [-0.4, -0.2) is 50.1 Å². The van der Waals surface area contributed by atoms with Crippen LogP contribution >= 0.6 is 0 Å². The Labute approximate surface area is 111 Å². The monoisotopic (exact) mass is 256 g/mol. The van der Waals surface area contributed by atoms with E-state index in [0.717, 1.165) is 19.0 Å². The van der Waals surface area contributed by atoms with Crippen molar-refractivity contribution in [2.45, 2.75) is 45.4 Å². The predicted molar refractivity (Wildman–Crippen MR) is 72.3 cm³/mol.